The van der Waals surface area contributed by atoms with Crippen molar-refractivity contribution >= 4 is 0 Å². The molecule has 0 amide bonds. The number of hydrogen-bond acceptors (Lipinski definition) is 2. The molecular formula is C11H21NO. The zero-order chi connectivity index (χ0) is 9.68. The summed E-state index contributed by atoms with van der Waals surface area (Å²) in [6.07, 6.45) is 7.51. The lowest BCUT2D eigenvalue weighted by atomic mass is 9.86. The lowest BCUT2D eigenvalue weighted by molar-refractivity contribution is 0.0703. The SMILES string of the molecule is CCNC(C)C(O)C1CC=CCC1. The number of aliphatic hydroxyl groups is 1. The molecule has 1 aliphatic carbocycles. The van der Waals surface area contributed by atoms with Crippen molar-refractivity contribution in [3.8, 4) is 0 Å². The van der Waals surface area contributed by atoms with Gasteiger partial charge < -0.3 is 10.4 Å². The minimum Gasteiger partial charge on any atom is -0.391 e. The maximum atomic E-state index is 9.98. The molecule has 0 aromatic carbocycles. The van der Waals surface area contributed by atoms with Gasteiger partial charge in [-0.05, 0) is 38.6 Å². The summed E-state index contributed by atoms with van der Waals surface area (Å²) in [5.41, 5.74) is 0. The molecule has 0 fully saturated rings. The van der Waals surface area contributed by atoms with Gasteiger partial charge in [0, 0.05) is 6.04 Å². The maximum Gasteiger partial charge on any atom is 0.0721 e. The van der Waals surface area contributed by atoms with Gasteiger partial charge in [-0.2, -0.15) is 0 Å². The lowest BCUT2D eigenvalue weighted by Crippen LogP contribution is -2.41. The largest absolute Gasteiger partial charge is 0.391 e. The summed E-state index contributed by atoms with van der Waals surface area (Å²) in [5, 5.41) is 13.2. The minimum absolute atomic E-state index is 0.190. The van der Waals surface area contributed by atoms with E-state index in [1.807, 2.05) is 0 Å². The van der Waals surface area contributed by atoms with Gasteiger partial charge >= 0.3 is 0 Å². The number of nitrogens with one attached hydrogen (secondary N) is 1. The Labute approximate surface area is 81.0 Å². The van der Waals surface area contributed by atoms with Crippen molar-refractivity contribution in [3.05, 3.63) is 12.2 Å². The first-order chi connectivity index (χ1) is 6.25. The van der Waals surface area contributed by atoms with Crippen LogP contribution in [-0.4, -0.2) is 23.8 Å². The highest BCUT2D eigenvalue weighted by molar-refractivity contribution is 4.93. The van der Waals surface area contributed by atoms with Crippen molar-refractivity contribution in [2.45, 2.75) is 45.3 Å². The molecule has 0 saturated carbocycles. The topological polar surface area (TPSA) is 32.3 Å². The van der Waals surface area contributed by atoms with E-state index in [4.69, 9.17) is 0 Å². The van der Waals surface area contributed by atoms with Crippen molar-refractivity contribution < 1.29 is 5.11 Å². The van der Waals surface area contributed by atoms with Crippen LogP contribution in [0.2, 0.25) is 0 Å². The molecule has 0 radical (unpaired) electrons. The van der Waals surface area contributed by atoms with Crippen LogP contribution < -0.4 is 5.32 Å². The van der Waals surface area contributed by atoms with Crippen LogP contribution in [0.3, 0.4) is 0 Å². The Morgan fingerprint density at radius 2 is 2.31 bits per heavy atom. The van der Waals surface area contributed by atoms with E-state index >= 15 is 0 Å². The third-order valence-electron chi connectivity index (χ3n) is 2.83. The van der Waals surface area contributed by atoms with Crippen molar-refractivity contribution in [2.75, 3.05) is 6.54 Å². The number of hydrogen-bond donors (Lipinski definition) is 2. The summed E-state index contributed by atoms with van der Waals surface area (Å²) in [5.74, 6) is 0.457. The van der Waals surface area contributed by atoms with E-state index in [1.54, 1.807) is 0 Å². The highest BCUT2D eigenvalue weighted by atomic mass is 16.3. The zero-order valence-corrected chi connectivity index (χ0v) is 8.66. The molecule has 0 aliphatic heterocycles. The van der Waals surface area contributed by atoms with E-state index in [0.29, 0.717) is 5.92 Å². The molecule has 76 valence electrons. The molecule has 0 aromatic rings. The van der Waals surface area contributed by atoms with Crippen LogP contribution in [0.25, 0.3) is 0 Å². The quantitative estimate of drug-likeness (QED) is 0.650. The first-order valence-corrected chi connectivity index (χ1v) is 5.32. The average molecular weight is 183 g/mol. The van der Waals surface area contributed by atoms with Crippen LogP contribution in [0.4, 0.5) is 0 Å². The van der Waals surface area contributed by atoms with Crippen LogP contribution in [0.1, 0.15) is 33.1 Å². The summed E-state index contributed by atoms with van der Waals surface area (Å²) >= 11 is 0. The van der Waals surface area contributed by atoms with Gasteiger partial charge in [0.25, 0.3) is 0 Å². The third-order valence-corrected chi connectivity index (χ3v) is 2.83. The molecule has 0 bridgehead atoms. The van der Waals surface area contributed by atoms with Crippen molar-refractivity contribution in [1.29, 1.82) is 0 Å². The van der Waals surface area contributed by atoms with Gasteiger partial charge in [0.2, 0.25) is 0 Å². The van der Waals surface area contributed by atoms with Crippen LogP contribution in [0.15, 0.2) is 12.2 Å². The van der Waals surface area contributed by atoms with Crippen molar-refractivity contribution in [2.24, 2.45) is 5.92 Å². The minimum atomic E-state index is -0.190. The van der Waals surface area contributed by atoms with E-state index in [2.05, 4.69) is 31.3 Å². The van der Waals surface area contributed by atoms with Gasteiger partial charge in [-0.25, -0.2) is 0 Å². The second-order valence-electron chi connectivity index (χ2n) is 3.88. The van der Waals surface area contributed by atoms with E-state index in [0.717, 1.165) is 25.8 Å². The number of allylic oxidation sites excluding steroid dienone is 2. The van der Waals surface area contributed by atoms with Gasteiger partial charge in [-0.3, -0.25) is 0 Å². The lowest BCUT2D eigenvalue weighted by Gasteiger charge is -2.28. The number of rotatable bonds is 4. The zero-order valence-electron chi connectivity index (χ0n) is 8.66. The molecule has 0 saturated heterocycles. The monoisotopic (exact) mass is 183 g/mol. The molecule has 2 heteroatoms. The molecule has 0 heterocycles. The van der Waals surface area contributed by atoms with Gasteiger partial charge in [-0.15, -0.1) is 0 Å². The highest BCUT2D eigenvalue weighted by Crippen LogP contribution is 2.23. The van der Waals surface area contributed by atoms with Gasteiger partial charge in [0.05, 0.1) is 6.10 Å². The fourth-order valence-corrected chi connectivity index (χ4v) is 1.98. The van der Waals surface area contributed by atoms with Crippen LogP contribution in [0, 0.1) is 5.92 Å². The molecule has 3 atom stereocenters. The fourth-order valence-electron chi connectivity index (χ4n) is 1.98. The molecule has 3 unspecified atom stereocenters. The Morgan fingerprint density at radius 1 is 1.54 bits per heavy atom. The maximum absolute atomic E-state index is 9.98. The molecule has 2 N–H and O–H groups in total. The van der Waals surface area contributed by atoms with Crippen molar-refractivity contribution in [1.82, 2.24) is 5.32 Å². The van der Waals surface area contributed by atoms with Crippen LogP contribution >= 0.6 is 0 Å². The third kappa shape index (κ3) is 3.12. The Kier molecular flexibility index (Phi) is 4.46. The standard InChI is InChI=1S/C11H21NO/c1-3-12-9(2)11(13)10-7-5-4-6-8-10/h4-5,9-13H,3,6-8H2,1-2H3. The molecule has 1 rings (SSSR count). The van der Waals surface area contributed by atoms with Gasteiger partial charge in [-0.1, -0.05) is 19.1 Å². The fraction of sp³-hybridized carbons (Fsp3) is 0.818. The smallest absolute Gasteiger partial charge is 0.0721 e. The summed E-state index contributed by atoms with van der Waals surface area (Å²) in [7, 11) is 0. The highest BCUT2D eigenvalue weighted by Gasteiger charge is 2.23. The predicted octanol–water partition coefficient (Wildman–Crippen LogP) is 1.70. The predicted molar refractivity (Wildman–Crippen MR) is 55.6 cm³/mol. The summed E-state index contributed by atoms with van der Waals surface area (Å²) in [6.45, 7) is 5.07. The number of likely N-dealkylation sites (N-methyl/N-ethyl adjacent to an activating group) is 1. The number of aliphatic hydroxyl groups excluding tert-OH is 1. The molecule has 0 spiro atoms. The van der Waals surface area contributed by atoms with E-state index in [9.17, 15) is 5.11 Å². The summed E-state index contributed by atoms with van der Waals surface area (Å²) in [4.78, 5) is 0. The van der Waals surface area contributed by atoms with Crippen LogP contribution in [-0.2, 0) is 0 Å². The Balaban J connectivity index is 2.36. The summed E-state index contributed by atoms with van der Waals surface area (Å²) in [6, 6.07) is 0.224. The Morgan fingerprint density at radius 3 is 2.85 bits per heavy atom. The molecule has 0 aromatic heterocycles. The van der Waals surface area contributed by atoms with Gasteiger partial charge in [0.1, 0.15) is 0 Å². The Bertz CT molecular complexity index is 167. The summed E-state index contributed by atoms with van der Waals surface area (Å²) < 4.78 is 0. The van der Waals surface area contributed by atoms with Crippen LogP contribution in [0.5, 0.6) is 0 Å². The first kappa shape index (κ1) is 10.7. The molecule has 2 nitrogen and oxygen atoms in total. The van der Waals surface area contributed by atoms with Gasteiger partial charge in [0.15, 0.2) is 0 Å². The van der Waals surface area contributed by atoms with E-state index in [-0.39, 0.29) is 12.1 Å². The second kappa shape index (κ2) is 5.40. The normalized spacial score (nSPS) is 27.2. The van der Waals surface area contributed by atoms with E-state index < -0.39 is 0 Å². The average Bonchev–Trinajstić information content (AvgIpc) is 2.18. The second-order valence-corrected chi connectivity index (χ2v) is 3.88. The van der Waals surface area contributed by atoms with E-state index in [1.165, 1.54) is 0 Å². The molecule has 13 heavy (non-hydrogen) atoms. The first-order valence-electron chi connectivity index (χ1n) is 5.32. The Hall–Kier alpha value is -0.340. The molecule has 1 aliphatic rings. The molecular weight excluding hydrogens is 162 g/mol. The van der Waals surface area contributed by atoms with Crippen molar-refractivity contribution in [3.63, 3.8) is 0 Å².